The van der Waals surface area contributed by atoms with Crippen molar-refractivity contribution in [3.63, 3.8) is 0 Å². The monoisotopic (exact) mass is 252 g/mol. The number of aromatic nitrogens is 2. The van der Waals surface area contributed by atoms with Crippen molar-refractivity contribution in [2.75, 3.05) is 18.0 Å². The fraction of sp³-hybridized carbons (Fsp3) is 0.583. The van der Waals surface area contributed by atoms with Crippen molar-refractivity contribution in [3.05, 3.63) is 18.0 Å². The quantitative estimate of drug-likeness (QED) is 0.785. The number of nitrogens with two attached hydrogens (primary N) is 1. The van der Waals surface area contributed by atoms with Gasteiger partial charge in [0.1, 0.15) is 10.7 Å². The van der Waals surface area contributed by atoms with Gasteiger partial charge in [-0.2, -0.15) is 0 Å². The minimum atomic E-state index is 0.313. The summed E-state index contributed by atoms with van der Waals surface area (Å²) in [4.78, 5) is 11.1. The zero-order valence-electron chi connectivity index (χ0n) is 10.7. The minimum Gasteiger partial charge on any atom is -0.388 e. The molecule has 94 valence electrons. The number of nitrogens with zero attached hydrogens (tertiary/aromatic N) is 3. The summed E-state index contributed by atoms with van der Waals surface area (Å²) >= 11 is 4.92. The number of anilines is 1. The molecule has 0 radical (unpaired) electrons. The van der Waals surface area contributed by atoms with Crippen LogP contribution in [0.5, 0.6) is 0 Å². The van der Waals surface area contributed by atoms with Gasteiger partial charge in [0.05, 0.1) is 0 Å². The van der Waals surface area contributed by atoms with Gasteiger partial charge in [-0.3, -0.25) is 0 Å². The van der Waals surface area contributed by atoms with Gasteiger partial charge in [0.25, 0.3) is 0 Å². The zero-order chi connectivity index (χ0) is 12.8. The highest BCUT2D eigenvalue weighted by Crippen LogP contribution is 2.11. The van der Waals surface area contributed by atoms with Gasteiger partial charge in [0, 0.05) is 19.3 Å². The molecule has 0 amide bonds. The highest BCUT2D eigenvalue weighted by Gasteiger charge is 2.11. The van der Waals surface area contributed by atoms with Crippen LogP contribution in [0.3, 0.4) is 0 Å². The van der Waals surface area contributed by atoms with E-state index >= 15 is 0 Å². The fourth-order valence-corrected chi connectivity index (χ4v) is 1.61. The van der Waals surface area contributed by atoms with E-state index < -0.39 is 0 Å². The first-order chi connectivity index (χ1) is 8.08. The van der Waals surface area contributed by atoms with Crippen LogP contribution in [0.15, 0.2) is 12.3 Å². The first kappa shape index (κ1) is 13.8. The second kappa shape index (κ2) is 6.49. The summed E-state index contributed by atoms with van der Waals surface area (Å²) < 4.78 is 0. The molecule has 1 aromatic heterocycles. The van der Waals surface area contributed by atoms with Crippen LogP contribution in [0.25, 0.3) is 0 Å². The van der Waals surface area contributed by atoms with Gasteiger partial charge in [-0.05, 0) is 18.9 Å². The van der Waals surface area contributed by atoms with Crippen molar-refractivity contribution in [2.45, 2.75) is 27.2 Å². The number of thiocarbonyl (C=S) groups is 1. The van der Waals surface area contributed by atoms with E-state index in [-0.39, 0.29) is 0 Å². The van der Waals surface area contributed by atoms with Crippen LogP contribution >= 0.6 is 12.2 Å². The Kier molecular flexibility index (Phi) is 5.28. The first-order valence-corrected chi connectivity index (χ1v) is 6.37. The second-order valence-electron chi connectivity index (χ2n) is 4.16. The van der Waals surface area contributed by atoms with Gasteiger partial charge in [0.2, 0.25) is 5.95 Å². The Bertz CT molecular complexity index is 381. The second-order valence-corrected chi connectivity index (χ2v) is 4.60. The molecule has 4 nitrogen and oxygen atoms in total. The van der Waals surface area contributed by atoms with E-state index in [2.05, 4.69) is 35.6 Å². The van der Waals surface area contributed by atoms with Crippen molar-refractivity contribution in [1.29, 1.82) is 0 Å². The van der Waals surface area contributed by atoms with Gasteiger partial charge < -0.3 is 10.6 Å². The van der Waals surface area contributed by atoms with E-state index in [1.807, 2.05) is 0 Å². The predicted octanol–water partition coefficient (Wildman–Crippen LogP) is 1.98. The largest absolute Gasteiger partial charge is 0.388 e. The molecule has 2 N–H and O–H groups in total. The molecular weight excluding hydrogens is 232 g/mol. The molecule has 0 saturated heterocycles. The Hall–Kier alpha value is -1.23. The lowest BCUT2D eigenvalue weighted by molar-refractivity contribution is 0.542. The Morgan fingerprint density at radius 3 is 2.76 bits per heavy atom. The molecule has 1 aromatic rings. The van der Waals surface area contributed by atoms with Crippen LogP contribution in [-0.4, -0.2) is 28.0 Å². The first-order valence-electron chi connectivity index (χ1n) is 5.96. The van der Waals surface area contributed by atoms with Crippen molar-refractivity contribution < 1.29 is 0 Å². The van der Waals surface area contributed by atoms with Crippen molar-refractivity contribution in [2.24, 2.45) is 11.7 Å². The molecule has 0 aliphatic carbocycles. The molecule has 1 unspecified atom stereocenters. The lowest BCUT2D eigenvalue weighted by Gasteiger charge is -2.24. The fourth-order valence-electron chi connectivity index (χ4n) is 1.50. The topological polar surface area (TPSA) is 55.0 Å². The molecule has 0 aliphatic heterocycles. The van der Waals surface area contributed by atoms with E-state index in [0.29, 0.717) is 22.5 Å². The van der Waals surface area contributed by atoms with Gasteiger partial charge in [-0.15, -0.1) is 0 Å². The molecule has 0 spiro atoms. The maximum Gasteiger partial charge on any atom is 0.225 e. The van der Waals surface area contributed by atoms with Gasteiger partial charge >= 0.3 is 0 Å². The third-order valence-electron chi connectivity index (χ3n) is 2.79. The maximum absolute atomic E-state index is 5.57. The van der Waals surface area contributed by atoms with Crippen LogP contribution in [0.2, 0.25) is 0 Å². The van der Waals surface area contributed by atoms with Crippen LogP contribution in [0.4, 0.5) is 5.95 Å². The minimum absolute atomic E-state index is 0.313. The van der Waals surface area contributed by atoms with Gasteiger partial charge in [0.15, 0.2) is 0 Å². The number of rotatable bonds is 6. The lowest BCUT2D eigenvalue weighted by Crippen LogP contribution is -2.30. The standard InChI is InChI=1S/C12H20N4S/c1-4-9(3)8-16(5-2)12-14-7-6-10(15-12)11(13)17/h6-7,9H,4-5,8H2,1-3H3,(H2,13,17). The molecule has 1 atom stereocenters. The summed E-state index contributed by atoms with van der Waals surface area (Å²) in [5, 5.41) is 0. The molecule has 17 heavy (non-hydrogen) atoms. The van der Waals surface area contributed by atoms with Crippen LogP contribution in [-0.2, 0) is 0 Å². The summed E-state index contributed by atoms with van der Waals surface area (Å²) in [5.74, 6) is 1.32. The molecule has 1 heterocycles. The molecule has 0 saturated carbocycles. The highest BCUT2D eigenvalue weighted by atomic mass is 32.1. The third-order valence-corrected chi connectivity index (χ3v) is 3.00. The average molecular weight is 252 g/mol. The van der Waals surface area contributed by atoms with Crippen molar-refractivity contribution in [3.8, 4) is 0 Å². The average Bonchev–Trinajstić information content (AvgIpc) is 2.35. The SMILES string of the molecule is CCC(C)CN(CC)c1nccc(C(N)=S)n1. The smallest absolute Gasteiger partial charge is 0.225 e. The Balaban J connectivity index is 2.88. The summed E-state index contributed by atoms with van der Waals surface area (Å²) in [5.41, 5.74) is 6.21. The lowest BCUT2D eigenvalue weighted by atomic mass is 10.1. The highest BCUT2D eigenvalue weighted by molar-refractivity contribution is 7.80. The summed E-state index contributed by atoms with van der Waals surface area (Å²) in [6, 6.07) is 1.74. The van der Waals surface area contributed by atoms with Crippen LogP contribution in [0, 0.1) is 5.92 Å². The zero-order valence-corrected chi connectivity index (χ0v) is 11.5. The normalized spacial score (nSPS) is 12.2. The molecule has 0 aromatic carbocycles. The van der Waals surface area contributed by atoms with Crippen molar-refractivity contribution >= 4 is 23.2 Å². The van der Waals surface area contributed by atoms with Crippen molar-refractivity contribution in [1.82, 2.24) is 9.97 Å². The Labute approximate surface area is 108 Å². The van der Waals surface area contributed by atoms with E-state index in [1.54, 1.807) is 12.3 Å². The summed E-state index contributed by atoms with van der Waals surface area (Å²) in [7, 11) is 0. The summed E-state index contributed by atoms with van der Waals surface area (Å²) in [6.07, 6.45) is 2.85. The van der Waals surface area contributed by atoms with Gasteiger partial charge in [-0.25, -0.2) is 9.97 Å². The molecular formula is C12H20N4S. The van der Waals surface area contributed by atoms with E-state index in [4.69, 9.17) is 18.0 Å². The Morgan fingerprint density at radius 2 is 2.24 bits per heavy atom. The predicted molar refractivity (Wildman–Crippen MR) is 75.3 cm³/mol. The maximum atomic E-state index is 5.57. The van der Waals surface area contributed by atoms with E-state index in [0.717, 1.165) is 19.5 Å². The van der Waals surface area contributed by atoms with Crippen LogP contribution in [0.1, 0.15) is 32.9 Å². The number of hydrogen-bond acceptors (Lipinski definition) is 4. The summed E-state index contributed by atoms with van der Waals surface area (Å²) in [6.45, 7) is 8.34. The Morgan fingerprint density at radius 1 is 1.53 bits per heavy atom. The van der Waals surface area contributed by atoms with E-state index in [1.165, 1.54) is 0 Å². The molecule has 5 heteroatoms. The molecule has 0 aliphatic rings. The molecule has 0 bridgehead atoms. The number of hydrogen-bond donors (Lipinski definition) is 1. The molecule has 1 rings (SSSR count). The van der Waals surface area contributed by atoms with Gasteiger partial charge in [-0.1, -0.05) is 32.5 Å². The third kappa shape index (κ3) is 3.93. The van der Waals surface area contributed by atoms with E-state index in [9.17, 15) is 0 Å². The van der Waals surface area contributed by atoms with Crippen LogP contribution < -0.4 is 10.6 Å². The molecule has 0 fully saturated rings.